The number of esters is 1. The van der Waals surface area contributed by atoms with Gasteiger partial charge in [0.15, 0.2) is 0 Å². The molecule has 0 spiro atoms. The summed E-state index contributed by atoms with van der Waals surface area (Å²) in [5.74, 6) is 0.181. The molecule has 1 aromatic rings. The molecule has 0 saturated carbocycles. The van der Waals surface area contributed by atoms with Crippen LogP contribution >= 0.6 is 0 Å². The van der Waals surface area contributed by atoms with Crippen molar-refractivity contribution in [3.8, 4) is 0 Å². The number of ether oxygens (including phenoxy) is 2. The SMILES string of the molecule is CCOC(=O)c1n[nH]c(CCOC)n1. The lowest BCUT2D eigenvalue weighted by Crippen LogP contribution is -2.06. The standard InChI is InChI=1S/C8H13N3O3/c1-3-14-8(12)7-9-6(10-11-7)4-5-13-2/h3-5H2,1-2H3,(H,9,10,11). The first kappa shape index (κ1) is 10.6. The Morgan fingerprint density at radius 2 is 2.36 bits per heavy atom. The smallest absolute Gasteiger partial charge is 0.378 e. The molecular formula is C8H13N3O3. The van der Waals surface area contributed by atoms with Crippen molar-refractivity contribution in [2.24, 2.45) is 0 Å². The van der Waals surface area contributed by atoms with Crippen LogP contribution < -0.4 is 0 Å². The fourth-order valence-corrected chi connectivity index (χ4v) is 0.893. The number of aromatic amines is 1. The van der Waals surface area contributed by atoms with E-state index in [1.54, 1.807) is 14.0 Å². The van der Waals surface area contributed by atoms with E-state index >= 15 is 0 Å². The van der Waals surface area contributed by atoms with Crippen LogP contribution in [0.5, 0.6) is 0 Å². The van der Waals surface area contributed by atoms with Crippen molar-refractivity contribution >= 4 is 5.97 Å². The normalized spacial score (nSPS) is 10.1. The van der Waals surface area contributed by atoms with E-state index in [9.17, 15) is 4.79 Å². The highest BCUT2D eigenvalue weighted by Crippen LogP contribution is 1.96. The van der Waals surface area contributed by atoms with E-state index in [0.717, 1.165) is 0 Å². The van der Waals surface area contributed by atoms with Crippen molar-refractivity contribution in [3.05, 3.63) is 11.6 Å². The van der Waals surface area contributed by atoms with Gasteiger partial charge in [-0.15, -0.1) is 5.10 Å². The van der Waals surface area contributed by atoms with Gasteiger partial charge in [0.2, 0.25) is 0 Å². The van der Waals surface area contributed by atoms with E-state index in [0.29, 0.717) is 25.5 Å². The Morgan fingerprint density at radius 1 is 1.57 bits per heavy atom. The molecule has 1 rings (SSSR count). The molecule has 0 aliphatic carbocycles. The van der Waals surface area contributed by atoms with Crippen molar-refractivity contribution in [1.29, 1.82) is 0 Å². The summed E-state index contributed by atoms with van der Waals surface area (Å²) in [4.78, 5) is 15.1. The summed E-state index contributed by atoms with van der Waals surface area (Å²) in [7, 11) is 1.60. The number of methoxy groups -OCH3 is 1. The van der Waals surface area contributed by atoms with Gasteiger partial charge in [0.05, 0.1) is 13.2 Å². The molecule has 0 fully saturated rings. The minimum Gasteiger partial charge on any atom is -0.460 e. The Balaban J connectivity index is 2.54. The Kier molecular flexibility index (Phi) is 4.06. The lowest BCUT2D eigenvalue weighted by molar-refractivity contribution is 0.0512. The van der Waals surface area contributed by atoms with Crippen LogP contribution in [0.1, 0.15) is 23.4 Å². The number of H-pyrrole nitrogens is 1. The third-order valence-electron chi connectivity index (χ3n) is 1.53. The molecule has 0 saturated heterocycles. The number of nitrogens with zero attached hydrogens (tertiary/aromatic N) is 2. The van der Waals surface area contributed by atoms with Gasteiger partial charge >= 0.3 is 5.97 Å². The van der Waals surface area contributed by atoms with Crippen LogP contribution in [0.25, 0.3) is 0 Å². The van der Waals surface area contributed by atoms with E-state index in [2.05, 4.69) is 15.2 Å². The predicted molar refractivity (Wildman–Crippen MR) is 47.9 cm³/mol. The van der Waals surface area contributed by atoms with Gasteiger partial charge in [-0.3, -0.25) is 5.10 Å². The Labute approximate surface area is 81.6 Å². The molecule has 0 radical (unpaired) electrons. The molecule has 0 aliphatic heterocycles. The van der Waals surface area contributed by atoms with E-state index in [1.165, 1.54) is 0 Å². The third kappa shape index (κ3) is 2.81. The zero-order chi connectivity index (χ0) is 10.4. The average Bonchev–Trinajstić information content (AvgIpc) is 2.63. The zero-order valence-corrected chi connectivity index (χ0v) is 8.24. The second kappa shape index (κ2) is 5.33. The fraction of sp³-hybridized carbons (Fsp3) is 0.625. The number of hydrogen-bond donors (Lipinski definition) is 1. The molecule has 1 N–H and O–H groups in total. The molecule has 0 aliphatic rings. The van der Waals surface area contributed by atoms with Gasteiger partial charge in [-0.05, 0) is 6.92 Å². The van der Waals surface area contributed by atoms with Crippen LogP contribution in [-0.2, 0) is 15.9 Å². The first-order valence-electron chi connectivity index (χ1n) is 4.35. The molecule has 78 valence electrons. The lowest BCUT2D eigenvalue weighted by Gasteiger charge is -1.94. The summed E-state index contributed by atoms with van der Waals surface area (Å²) >= 11 is 0. The van der Waals surface area contributed by atoms with Crippen molar-refractivity contribution in [2.75, 3.05) is 20.3 Å². The van der Waals surface area contributed by atoms with Crippen LogP contribution in [0.2, 0.25) is 0 Å². The van der Waals surface area contributed by atoms with E-state index in [4.69, 9.17) is 9.47 Å². The summed E-state index contributed by atoms with van der Waals surface area (Å²) < 4.78 is 9.59. The second-order valence-electron chi connectivity index (χ2n) is 2.57. The highest BCUT2D eigenvalue weighted by molar-refractivity contribution is 5.84. The maximum absolute atomic E-state index is 11.1. The zero-order valence-electron chi connectivity index (χ0n) is 8.24. The van der Waals surface area contributed by atoms with E-state index in [1.807, 2.05) is 0 Å². The molecular weight excluding hydrogens is 186 g/mol. The highest BCUT2D eigenvalue weighted by atomic mass is 16.5. The van der Waals surface area contributed by atoms with Gasteiger partial charge in [0, 0.05) is 13.5 Å². The van der Waals surface area contributed by atoms with Gasteiger partial charge in [0.1, 0.15) is 5.82 Å². The Hall–Kier alpha value is -1.43. The summed E-state index contributed by atoms with van der Waals surface area (Å²) in [5.41, 5.74) is 0. The highest BCUT2D eigenvalue weighted by Gasteiger charge is 2.12. The van der Waals surface area contributed by atoms with E-state index in [-0.39, 0.29) is 5.82 Å². The van der Waals surface area contributed by atoms with Gasteiger partial charge in [-0.1, -0.05) is 0 Å². The number of hydrogen-bond acceptors (Lipinski definition) is 5. The van der Waals surface area contributed by atoms with Crippen LogP contribution in [0.3, 0.4) is 0 Å². The molecule has 6 heteroatoms. The third-order valence-corrected chi connectivity index (χ3v) is 1.53. The maximum atomic E-state index is 11.1. The molecule has 0 aromatic carbocycles. The number of carbonyl (C=O) groups excluding carboxylic acids is 1. The molecule has 0 atom stereocenters. The molecule has 1 heterocycles. The minimum absolute atomic E-state index is 0.0675. The number of aromatic nitrogens is 3. The van der Waals surface area contributed by atoms with Crippen molar-refractivity contribution in [2.45, 2.75) is 13.3 Å². The Morgan fingerprint density at radius 3 is 3.00 bits per heavy atom. The maximum Gasteiger partial charge on any atom is 0.378 e. The van der Waals surface area contributed by atoms with Gasteiger partial charge < -0.3 is 9.47 Å². The molecule has 0 amide bonds. The van der Waals surface area contributed by atoms with Gasteiger partial charge in [0.25, 0.3) is 5.82 Å². The summed E-state index contributed by atoms with van der Waals surface area (Å²) in [6.07, 6.45) is 0.600. The number of nitrogens with one attached hydrogen (secondary N) is 1. The molecule has 14 heavy (non-hydrogen) atoms. The van der Waals surface area contributed by atoms with Crippen molar-refractivity contribution in [1.82, 2.24) is 15.2 Å². The summed E-state index contributed by atoms with van der Waals surface area (Å²) in [5, 5.41) is 6.36. The Bertz CT molecular complexity index is 298. The summed E-state index contributed by atoms with van der Waals surface area (Å²) in [6.45, 7) is 2.59. The number of carbonyl (C=O) groups is 1. The van der Waals surface area contributed by atoms with E-state index < -0.39 is 5.97 Å². The van der Waals surface area contributed by atoms with Crippen LogP contribution in [0.15, 0.2) is 0 Å². The molecule has 1 aromatic heterocycles. The predicted octanol–water partition coefficient (Wildman–Crippen LogP) is 0.170. The molecule has 0 bridgehead atoms. The van der Waals surface area contributed by atoms with Crippen molar-refractivity contribution in [3.63, 3.8) is 0 Å². The first-order valence-corrected chi connectivity index (χ1v) is 4.35. The van der Waals surface area contributed by atoms with Crippen LogP contribution in [0.4, 0.5) is 0 Å². The quantitative estimate of drug-likeness (QED) is 0.684. The monoisotopic (exact) mass is 199 g/mol. The fourth-order valence-electron chi connectivity index (χ4n) is 0.893. The summed E-state index contributed by atoms with van der Waals surface area (Å²) in [6, 6.07) is 0. The largest absolute Gasteiger partial charge is 0.460 e. The molecule has 6 nitrogen and oxygen atoms in total. The lowest BCUT2D eigenvalue weighted by atomic mass is 10.4. The van der Waals surface area contributed by atoms with Crippen LogP contribution in [-0.4, -0.2) is 41.5 Å². The van der Waals surface area contributed by atoms with Crippen molar-refractivity contribution < 1.29 is 14.3 Å². The van der Waals surface area contributed by atoms with Gasteiger partial charge in [-0.2, -0.15) is 0 Å². The first-order chi connectivity index (χ1) is 6.77. The minimum atomic E-state index is -0.507. The van der Waals surface area contributed by atoms with Gasteiger partial charge in [-0.25, -0.2) is 9.78 Å². The average molecular weight is 199 g/mol. The topological polar surface area (TPSA) is 77.1 Å². The second-order valence-corrected chi connectivity index (χ2v) is 2.57. The molecule has 0 unspecified atom stereocenters. The van der Waals surface area contributed by atoms with Crippen LogP contribution in [0, 0.1) is 0 Å². The number of rotatable bonds is 5.